The Hall–Kier alpha value is -3.42. The predicted molar refractivity (Wildman–Crippen MR) is 99.7 cm³/mol. The van der Waals surface area contributed by atoms with Gasteiger partial charge in [0, 0.05) is 19.3 Å². The van der Waals surface area contributed by atoms with Crippen LogP contribution in [0.5, 0.6) is 11.5 Å². The van der Waals surface area contributed by atoms with Crippen molar-refractivity contribution < 1.29 is 18.8 Å². The summed E-state index contributed by atoms with van der Waals surface area (Å²) >= 11 is 0. The highest BCUT2D eigenvalue weighted by molar-refractivity contribution is 5.79. The molecule has 0 saturated heterocycles. The molecule has 3 aromatic rings. The molecule has 1 atom stereocenters. The highest BCUT2D eigenvalue weighted by atomic mass is 16.5. The van der Waals surface area contributed by atoms with E-state index in [9.17, 15) is 4.79 Å². The molecule has 1 aliphatic rings. The van der Waals surface area contributed by atoms with Gasteiger partial charge in [-0.3, -0.25) is 9.78 Å². The van der Waals surface area contributed by atoms with E-state index in [2.05, 4.69) is 15.1 Å². The number of amides is 1. The fraction of sp³-hybridized carbons (Fsp3) is 0.300. The zero-order valence-electron chi connectivity index (χ0n) is 15.7. The van der Waals surface area contributed by atoms with Crippen LogP contribution in [0.4, 0.5) is 0 Å². The molecule has 1 unspecified atom stereocenters. The van der Waals surface area contributed by atoms with E-state index in [0.717, 1.165) is 17.1 Å². The third kappa shape index (κ3) is 3.66. The maximum atomic E-state index is 12.8. The van der Waals surface area contributed by atoms with E-state index in [4.69, 9.17) is 14.0 Å². The summed E-state index contributed by atoms with van der Waals surface area (Å²) in [6.45, 7) is 0.553. The quantitative estimate of drug-likeness (QED) is 0.671. The van der Waals surface area contributed by atoms with Crippen LogP contribution in [0.15, 0.2) is 47.1 Å². The Labute approximate surface area is 162 Å². The van der Waals surface area contributed by atoms with Gasteiger partial charge in [-0.05, 0) is 30.2 Å². The summed E-state index contributed by atoms with van der Waals surface area (Å²) in [4.78, 5) is 22.9. The number of ether oxygens (including phenoxy) is 2. The molecular formula is C20H20N4O4. The van der Waals surface area contributed by atoms with E-state index < -0.39 is 0 Å². The topological polar surface area (TPSA) is 90.6 Å². The summed E-state index contributed by atoms with van der Waals surface area (Å²) < 4.78 is 16.3. The minimum Gasteiger partial charge on any atom is -0.497 e. The molecule has 3 heterocycles. The van der Waals surface area contributed by atoms with Crippen LogP contribution in [0.3, 0.4) is 0 Å². The van der Waals surface area contributed by atoms with Crippen molar-refractivity contribution in [3.63, 3.8) is 0 Å². The molecule has 0 fully saturated rings. The number of pyridine rings is 1. The molecule has 144 valence electrons. The van der Waals surface area contributed by atoms with Gasteiger partial charge in [-0.15, -0.1) is 0 Å². The van der Waals surface area contributed by atoms with Gasteiger partial charge in [-0.25, -0.2) is 0 Å². The number of methoxy groups -OCH3 is 1. The van der Waals surface area contributed by atoms with Gasteiger partial charge in [0.15, 0.2) is 0 Å². The smallest absolute Gasteiger partial charge is 0.246 e. The molecule has 0 aliphatic carbocycles. The number of benzene rings is 1. The Morgan fingerprint density at radius 3 is 3.00 bits per heavy atom. The fourth-order valence-electron chi connectivity index (χ4n) is 3.15. The molecule has 0 spiro atoms. The first kappa shape index (κ1) is 18.0. The monoisotopic (exact) mass is 380 g/mol. The molecular weight excluding hydrogens is 360 g/mol. The molecule has 1 aromatic carbocycles. The van der Waals surface area contributed by atoms with E-state index >= 15 is 0 Å². The average molecular weight is 380 g/mol. The maximum absolute atomic E-state index is 12.8. The summed E-state index contributed by atoms with van der Waals surface area (Å²) in [6, 6.07) is 11.1. The van der Waals surface area contributed by atoms with Crippen molar-refractivity contribution in [3.8, 4) is 23.0 Å². The lowest BCUT2D eigenvalue weighted by molar-refractivity contribution is -0.136. The van der Waals surface area contributed by atoms with Gasteiger partial charge in [-0.1, -0.05) is 17.3 Å². The van der Waals surface area contributed by atoms with Crippen LogP contribution in [0.2, 0.25) is 0 Å². The van der Waals surface area contributed by atoms with Crippen LogP contribution < -0.4 is 9.47 Å². The summed E-state index contributed by atoms with van der Waals surface area (Å²) in [5.74, 6) is 1.98. The van der Waals surface area contributed by atoms with Gasteiger partial charge < -0.3 is 18.9 Å². The van der Waals surface area contributed by atoms with Crippen LogP contribution in [-0.2, 0) is 17.8 Å². The van der Waals surface area contributed by atoms with Crippen molar-refractivity contribution in [2.24, 2.45) is 5.92 Å². The third-order valence-corrected chi connectivity index (χ3v) is 4.64. The lowest BCUT2D eigenvalue weighted by Crippen LogP contribution is -2.38. The maximum Gasteiger partial charge on any atom is 0.246 e. The molecule has 28 heavy (non-hydrogen) atoms. The van der Waals surface area contributed by atoms with Crippen LogP contribution in [0.25, 0.3) is 11.5 Å². The van der Waals surface area contributed by atoms with Gasteiger partial charge >= 0.3 is 0 Å². The summed E-state index contributed by atoms with van der Waals surface area (Å²) in [5, 5.41) is 3.93. The first-order valence-electron chi connectivity index (χ1n) is 8.92. The van der Waals surface area contributed by atoms with Gasteiger partial charge in [-0.2, -0.15) is 4.98 Å². The Bertz CT molecular complexity index is 973. The molecule has 0 bridgehead atoms. The summed E-state index contributed by atoms with van der Waals surface area (Å²) in [5.41, 5.74) is 1.62. The zero-order valence-corrected chi connectivity index (χ0v) is 15.7. The Morgan fingerprint density at radius 2 is 2.21 bits per heavy atom. The van der Waals surface area contributed by atoms with Gasteiger partial charge in [0.2, 0.25) is 17.6 Å². The number of hydrogen-bond donors (Lipinski definition) is 0. The average Bonchev–Trinajstić information content (AvgIpc) is 3.21. The van der Waals surface area contributed by atoms with Crippen molar-refractivity contribution in [2.75, 3.05) is 20.8 Å². The van der Waals surface area contributed by atoms with Crippen LogP contribution in [0, 0.1) is 5.92 Å². The molecule has 8 heteroatoms. The second-order valence-corrected chi connectivity index (χ2v) is 6.61. The van der Waals surface area contributed by atoms with E-state index in [1.807, 2.05) is 30.3 Å². The van der Waals surface area contributed by atoms with E-state index in [1.54, 1.807) is 31.3 Å². The van der Waals surface area contributed by atoms with Crippen LogP contribution in [-0.4, -0.2) is 46.7 Å². The minimum atomic E-state index is -0.260. The SMILES string of the molecule is COc1ccc2c(c1)OCC(C(=O)N(C)Cc1nc(-c3ccccn3)no1)C2. The lowest BCUT2D eigenvalue weighted by Gasteiger charge is -2.27. The second kappa shape index (κ2) is 7.67. The first-order valence-corrected chi connectivity index (χ1v) is 8.92. The molecule has 4 rings (SSSR count). The van der Waals surface area contributed by atoms with Crippen molar-refractivity contribution in [3.05, 3.63) is 54.0 Å². The van der Waals surface area contributed by atoms with Crippen molar-refractivity contribution in [1.82, 2.24) is 20.0 Å². The van der Waals surface area contributed by atoms with Crippen LogP contribution in [0.1, 0.15) is 11.5 Å². The number of carbonyl (C=O) groups excluding carboxylic acids is 1. The molecule has 2 aromatic heterocycles. The van der Waals surface area contributed by atoms with Gasteiger partial charge in [0.25, 0.3) is 0 Å². The lowest BCUT2D eigenvalue weighted by atomic mass is 9.95. The number of rotatable bonds is 5. The van der Waals surface area contributed by atoms with Crippen molar-refractivity contribution in [1.29, 1.82) is 0 Å². The van der Waals surface area contributed by atoms with E-state index in [1.165, 1.54) is 0 Å². The van der Waals surface area contributed by atoms with E-state index in [0.29, 0.717) is 30.4 Å². The molecule has 0 radical (unpaired) electrons. The molecule has 8 nitrogen and oxygen atoms in total. The van der Waals surface area contributed by atoms with Gasteiger partial charge in [0.05, 0.1) is 19.6 Å². The summed E-state index contributed by atoms with van der Waals surface area (Å²) in [6.07, 6.45) is 2.28. The highest BCUT2D eigenvalue weighted by Gasteiger charge is 2.29. The number of fused-ring (bicyclic) bond motifs is 1. The second-order valence-electron chi connectivity index (χ2n) is 6.61. The van der Waals surface area contributed by atoms with Crippen molar-refractivity contribution >= 4 is 5.91 Å². The highest BCUT2D eigenvalue weighted by Crippen LogP contribution is 2.31. The minimum absolute atomic E-state index is 0.0287. The number of nitrogens with zero attached hydrogens (tertiary/aromatic N) is 4. The fourth-order valence-corrected chi connectivity index (χ4v) is 3.15. The number of hydrogen-bond acceptors (Lipinski definition) is 7. The third-order valence-electron chi connectivity index (χ3n) is 4.64. The van der Waals surface area contributed by atoms with Crippen molar-refractivity contribution in [2.45, 2.75) is 13.0 Å². The summed E-state index contributed by atoms with van der Waals surface area (Å²) in [7, 11) is 3.33. The standard InChI is InChI=1S/C20H20N4O4/c1-24(11-18-22-19(23-28-18)16-5-3-4-8-21-16)20(25)14-9-13-6-7-15(26-2)10-17(13)27-12-14/h3-8,10,14H,9,11-12H2,1-2H3. The molecule has 0 N–H and O–H groups in total. The predicted octanol–water partition coefficient (Wildman–Crippen LogP) is 2.35. The molecule has 1 aliphatic heterocycles. The Morgan fingerprint density at radius 1 is 1.32 bits per heavy atom. The largest absolute Gasteiger partial charge is 0.497 e. The number of carbonyl (C=O) groups is 1. The van der Waals surface area contributed by atoms with E-state index in [-0.39, 0.29) is 18.4 Å². The zero-order chi connectivity index (χ0) is 19.5. The first-order chi connectivity index (χ1) is 13.6. The Kier molecular flexibility index (Phi) is 4.92. The normalized spacial score (nSPS) is 15.4. The molecule has 1 amide bonds. The molecule has 0 saturated carbocycles. The Balaban J connectivity index is 1.41. The number of aromatic nitrogens is 3. The van der Waals surface area contributed by atoms with Crippen LogP contribution >= 0.6 is 0 Å². The van der Waals surface area contributed by atoms with Gasteiger partial charge in [0.1, 0.15) is 23.8 Å².